The van der Waals surface area contributed by atoms with Crippen LogP contribution in [0.3, 0.4) is 0 Å². The number of hydrogen-bond donors (Lipinski definition) is 4. The summed E-state index contributed by atoms with van der Waals surface area (Å²) in [6, 6.07) is 26.6. The first-order chi connectivity index (χ1) is 14.4. The van der Waals surface area contributed by atoms with Crippen molar-refractivity contribution in [1.82, 2.24) is 0 Å². The van der Waals surface area contributed by atoms with Crippen LogP contribution >= 0.6 is 0 Å². The smallest absolute Gasteiger partial charge is 0.335 e. The molecule has 0 heterocycles. The normalized spacial score (nSPS) is 9.47. The lowest BCUT2D eigenvalue weighted by molar-refractivity contribution is 0.0686. The number of carboxylic acids is 2. The second kappa shape index (κ2) is 10.9. The molecule has 0 aliphatic heterocycles. The lowest BCUT2D eigenvalue weighted by atomic mass is 10.1. The number of fused-ring (bicyclic) bond motifs is 1. The Balaban J connectivity index is 0.000000163. The summed E-state index contributed by atoms with van der Waals surface area (Å²) in [5.74, 6) is -1.27. The van der Waals surface area contributed by atoms with E-state index in [4.69, 9.17) is 20.4 Å². The van der Waals surface area contributed by atoms with Crippen LogP contribution in [0.1, 0.15) is 20.7 Å². The van der Waals surface area contributed by atoms with E-state index in [2.05, 4.69) is 0 Å². The first-order valence-corrected chi connectivity index (χ1v) is 8.85. The summed E-state index contributed by atoms with van der Waals surface area (Å²) in [7, 11) is 0. The second-order valence-corrected chi connectivity index (χ2v) is 6.06. The molecule has 0 unspecified atom stereocenters. The summed E-state index contributed by atoms with van der Waals surface area (Å²) in [4.78, 5) is 20.4. The molecule has 0 spiro atoms. The maximum absolute atomic E-state index is 10.2. The van der Waals surface area contributed by atoms with Crippen LogP contribution in [0.2, 0.25) is 0 Å². The van der Waals surface area contributed by atoms with Gasteiger partial charge >= 0.3 is 11.9 Å². The van der Waals surface area contributed by atoms with Crippen molar-refractivity contribution in [2.75, 3.05) is 0 Å². The van der Waals surface area contributed by atoms with E-state index in [9.17, 15) is 9.59 Å². The highest BCUT2D eigenvalue weighted by atomic mass is 16.4. The van der Waals surface area contributed by atoms with Crippen LogP contribution in [0.4, 0.5) is 0 Å². The Morgan fingerprint density at radius 3 is 1.10 bits per heavy atom. The fourth-order valence-electron chi connectivity index (χ4n) is 2.38. The number of rotatable bonds is 2. The Bertz CT molecular complexity index is 1020. The van der Waals surface area contributed by atoms with E-state index in [1.807, 2.05) is 0 Å². The minimum absolute atomic E-state index is 0.244. The summed E-state index contributed by atoms with van der Waals surface area (Å²) >= 11 is 0. The topological polar surface area (TPSA) is 115 Å². The molecule has 0 saturated carbocycles. The van der Waals surface area contributed by atoms with Crippen LogP contribution in [0.15, 0.2) is 97.1 Å². The van der Waals surface area contributed by atoms with Gasteiger partial charge in [-0.3, -0.25) is 0 Å². The van der Waals surface area contributed by atoms with Crippen molar-refractivity contribution in [3.63, 3.8) is 0 Å². The third kappa shape index (κ3) is 7.01. The number of benzene rings is 4. The van der Waals surface area contributed by atoms with Gasteiger partial charge in [-0.05, 0) is 59.3 Å². The molecule has 4 rings (SSSR count). The number of carbonyl (C=O) groups is 2. The van der Waals surface area contributed by atoms with Crippen molar-refractivity contribution in [2.45, 2.75) is 0 Å². The van der Waals surface area contributed by atoms with Gasteiger partial charge in [0.1, 0.15) is 11.5 Å². The maximum Gasteiger partial charge on any atom is 0.335 e. The number of carboxylic acid groups (broad SMARTS) is 2. The quantitative estimate of drug-likeness (QED) is 0.373. The number of phenols is 2. The van der Waals surface area contributed by atoms with Crippen molar-refractivity contribution < 1.29 is 30.0 Å². The summed E-state index contributed by atoms with van der Waals surface area (Å²) in [6.45, 7) is 0. The van der Waals surface area contributed by atoms with Gasteiger partial charge in [0, 0.05) is 0 Å². The number of hydrogen-bond acceptors (Lipinski definition) is 4. The molecule has 0 aromatic heterocycles. The Morgan fingerprint density at radius 1 is 0.500 bits per heavy atom. The highest BCUT2D eigenvalue weighted by Gasteiger charge is 1.97. The zero-order chi connectivity index (χ0) is 21.9. The predicted molar refractivity (Wildman–Crippen MR) is 114 cm³/mol. The average Bonchev–Trinajstić information content (AvgIpc) is 2.76. The molecule has 6 heteroatoms. The van der Waals surface area contributed by atoms with E-state index in [0.29, 0.717) is 11.1 Å². The molecule has 6 nitrogen and oxygen atoms in total. The van der Waals surface area contributed by atoms with E-state index >= 15 is 0 Å². The van der Waals surface area contributed by atoms with Crippen molar-refractivity contribution >= 4 is 22.7 Å². The second-order valence-electron chi connectivity index (χ2n) is 6.06. The molecular weight excluding hydrogens is 384 g/mol. The van der Waals surface area contributed by atoms with Crippen LogP contribution in [0.25, 0.3) is 10.8 Å². The molecule has 4 aromatic rings. The SMILES string of the molecule is O=C(O)c1ccccc1.O=C(O)c1ccccc1.Oc1ccc2cc(O)ccc2c1. The number of aromatic carboxylic acids is 2. The monoisotopic (exact) mass is 404 g/mol. The third-order valence-electron chi connectivity index (χ3n) is 3.85. The molecule has 0 aliphatic carbocycles. The Morgan fingerprint density at radius 2 is 0.833 bits per heavy atom. The lowest BCUT2D eigenvalue weighted by Crippen LogP contribution is -1.93. The number of aromatic hydroxyl groups is 2. The fourth-order valence-corrected chi connectivity index (χ4v) is 2.38. The highest BCUT2D eigenvalue weighted by Crippen LogP contribution is 2.23. The van der Waals surface area contributed by atoms with Gasteiger partial charge in [-0.1, -0.05) is 48.5 Å². The molecule has 0 atom stereocenters. The molecule has 0 saturated heterocycles. The van der Waals surface area contributed by atoms with Gasteiger partial charge in [0.25, 0.3) is 0 Å². The highest BCUT2D eigenvalue weighted by molar-refractivity contribution is 5.88. The zero-order valence-corrected chi connectivity index (χ0v) is 15.8. The minimum Gasteiger partial charge on any atom is -0.508 e. The summed E-state index contributed by atoms with van der Waals surface area (Å²) < 4.78 is 0. The Hall–Kier alpha value is -4.32. The van der Waals surface area contributed by atoms with Crippen LogP contribution in [0, 0.1) is 0 Å². The first-order valence-electron chi connectivity index (χ1n) is 8.85. The Kier molecular flexibility index (Phi) is 7.96. The molecule has 0 radical (unpaired) electrons. The zero-order valence-electron chi connectivity index (χ0n) is 15.8. The molecule has 4 aromatic carbocycles. The average molecular weight is 404 g/mol. The molecule has 0 fully saturated rings. The molecule has 0 bridgehead atoms. The van der Waals surface area contributed by atoms with E-state index < -0.39 is 11.9 Å². The standard InChI is InChI=1S/C10H8O2.2C7H6O2/c11-9-3-1-7-5-10(12)4-2-8(7)6-9;2*8-7(9)6-4-2-1-3-5-6/h1-6,11-12H;2*1-5H,(H,8,9). The largest absolute Gasteiger partial charge is 0.508 e. The van der Waals surface area contributed by atoms with Crippen molar-refractivity contribution in [3.8, 4) is 11.5 Å². The van der Waals surface area contributed by atoms with Crippen LogP contribution in [-0.2, 0) is 0 Å². The maximum atomic E-state index is 10.2. The van der Waals surface area contributed by atoms with Gasteiger partial charge in [0.05, 0.1) is 11.1 Å². The third-order valence-corrected chi connectivity index (χ3v) is 3.85. The van der Waals surface area contributed by atoms with E-state index in [1.54, 1.807) is 97.1 Å². The molecule has 0 amide bonds. The minimum atomic E-state index is -0.879. The van der Waals surface area contributed by atoms with Crippen molar-refractivity contribution in [3.05, 3.63) is 108 Å². The first kappa shape index (κ1) is 22.0. The van der Waals surface area contributed by atoms with Gasteiger partial charge in [0.15, 0.2) is 0 Å². The molecule has 30 heavy (non-hydrogen) atoms. The van der Waals surface area contributed by atoms with E-state index in [-0.39, 0.29) is 11.5 Å². The number of phenolic OH excluding ortho intramolecular Hbond substituents is 2. The van der Waals surface area contributed by atoms with Gasteiger partial charge in [-0.15, -0.1) is 0 Å². The lowest BCUT2D eigenvalue weighted by Gasteiger charge is -1.98. The van der Waals surface area contributed by atoms with E-state index in [0.717, 1.165) is 10.8 Å². The summed E-state index contributed by atoms with van der Waals surface area (Å²) in [5, 5.41) is 36.9. The van der Waals surface area contributed by atoms with Crippen molar-refractivity contribution in [2.24, 2.45) is 0 Å². The summed E-state index contributed by atoms with van der Waals surface area (Å²) in [6.07, 6.45) is 0. The van der Waals surface area contributed by atoms with Gasteiger partial charge < -0.3 is 20.4 Å². The molecule has 4 N–H and O–H groups in total. The van der Waals surface area contributed by atoms with Crippen LogP contribution < -0.4 is 0 Å². The van der Waals surface area contributed by atoms with Gasteiger partial charge in [-0.2, -0.15) is 0 Å². The van der Waals surface area contributed by atoms with Crippen molar-refractivity contribution in [1.29, 1.82) is 0 Å². The molecule has 152 valence electrons. The van der Waals surface area contributed by atoms with Gasteiger partial charge in [-0.25, -0.2) is 9.59 Å². The van der Waals surface area contributed by atoms with E-state index in [1.165, 1.54) is 0 Å². The van der Waals surface area contributed by atoms with Crippen LogP contribution in [-0.4, -0.2) is 32.4 Å². The Labute approximate surface area is 172 Å². The fraction of sp³-hybridized carbons (Fsp3) is 0. The summed E-state index contributed by atoms with van der Waals surface area (Å²) in [5.41, 5.74) is 0.662. The predicted octanol–water partition coefficient (Wildman–Crippen LogP) is 5.02. The van der Waals surface area contributed by atoms with Gasteiger partial charge in [0.2, 0.25) is 0 Å². The molecule has 0 aliphatic rings. The van der Waals surface area contributed by atoms with Crippen LogP contribution in [0.5, 0.6) is 11.5 Å². The molecular formula is C24H20O6.